The second-order valence-electron chi connectivity index (χ2n) is 7.01. The number of hydrogen-bond acceptors (Lipinski definition) is 5. The molecule has 2 aliphatic rings. The fourth-order valence-electron chi connectivity index (χ4n) is 3.69. The van der Waals surface area contributed by atoms with E-state index in [1.54, 1.807) is 4.90 Å². The van der Waals surface area contributed by atoms with Crippen LogP contribution in [0, 0.1) is 0 Å². The van der Waals surface area contributed by atoms with Crippen LogP contribution in [0.15, 0.2) is 12.4 Å². The fourth-order valence-corrected chi connectivity index (χ4v) is 3.69. The molecule has 2 fully saturated rings. The van der Waals surface area contributed by atoms with Gasteiger partial charge in [-0.05, 0) is 19.8 Å². The number of urea groups is 1. The predicted octanol–water partition coefficient (Wildman–Crippen LogP) is 1.91. The zero-order chi connectivity index (χ0) is 18.1. The Morgan fingerprint density at radius 3 is 2.77 bits per heavy atom. The number of hydrogen-bond donors (Lipinski definition) is 1. The van der Waals surface area contributed by atoms with E-state index in [-0.39, 0.29) is 6.03 Å². The smallest absolute Gasteiger partial charge is 0.320 e. The van der Waals surface area contributed by atoms with E-state index >= 15 is 0 Å². The minimum atomic E-state index is 0.0753. The SMILES string of the molecule is CCn1ncc2c(NC3CCOCC3)c(CN3CCN(C)C3=O)cnc21. The van der Waals surface area contributed by atoms with E-state index in [0.29, 0.717) is 12.6 Å². The molecule has 8 nitrogen and oxygen atoms in total. The maximum absolute atomic E-state index is 12.3. The molecule has 2 aliphatic heterocycles. The first-order valence-electron chi connectivity index (χ1n) is 9.35. The highest BCUT2D eigenvalue weighted by atomic mass is 16.5. The summed E-state index contributed by atoms with van der Waals surface area (Å²) in [5.41, 5.74) is 2.99. The van der Waals surface area contributed by atoms with Crippen molar-refractivity contribution in [3.63, 3.8) is 0 Å². The van der Waals surface area contributed by atoms with Crippen molar-refractivity contribution in [2.45, 2.75) is 38.9 Å². The van der Waals surface area contributed by atoms with Gasteiger partial charge in [0.2, 0.25) is 0 Å². The van der Waals surface area contributed by atoms with Crippen LogP contribution in [0.4, 0.5) is 10.5 Å². The van der Waals surface area contributed by atoms with E-state index in [1.165, 1.54) is 0 Å². The van der Waals surface area contributed by atoms with Gasteiger partial charge in [-0.15, -0.1) is 0 Å². The van der Waals surface area contributed by atoms with Gasteiger partial charge in [-0.25, -0.2) is 14.5 Å². The summed E-state index contributed by atoms with van der Waals surface area (Å²) in [6.07, 6.45) is 5.74. The summed E-state index contributed by atoms with van der Waals surface area (Å²) in [6.45, 7) is 6.49. The molecule has 0 aromatic carbocycles. The van der Waals surface area contributed by atoms with Crippen molar-refractivity contribution in [3.05, 3.63) is 18.0 Å². The summed E-state index contributed by atoms with van der Waals surface area (Å²) in [5, 5.41) is 9.20. The van der Waals surface area contributed by atoms with Gasteiger partial charge in [-0.2, -0.15) is 5.10 Å². The normalized spacial score (nSPS) is 18.9. The average molecular weight is 358 g/mol. The van der Waals surface area contributed by atoms with Crippen molar-refractivity contribution >= 4 is 22.8 Å². The summed E-state index contributed by atoms with van der Waals surface area (Å²) in [4.78, 5) is 20.6. The Labute approximate surface area is 153 Å². The van der Waals surface area contributed by atoms with Crippen LogP contribution < -0.4 is 5.32 Å². The molecule has 0 radical (unpaired) electrons. The van der Waals surface area contributed by atoms with Crippen molar-refractivity contribution in [3.8, 4) is 0 Å². The Morgan fingerprint density at radius 1 is 1.27 bits per heavy atom. The van der Waals surface area contributed by atoms with E-state index < -0.39 is 0 Å². The number of likely N-dealkylation sites (N-methyl/N-ethyl adjacent to an activating group) is 1. The lowest BCUT2D eigenvalue weighted by Crippen LogP contribution is -2.31. The summed E-state index contributed by atoms with van der Waals surface area (Å²) in [7, 11) is 1.84. The summed E-state index contributed by atoms with van der Waals surface area (Å²) < 4.78 is 7.39. The molecule has 2 aromatic heterocycles. The molecule has 0 bridgehead atoms. The van der Waals surface area contributed by atoms with Gasteiger partial charge in [0.15, 0.2) is 5.65 Å². The van der Waals surface area contributed by atoms with E-state index in [1.807, 2.05) is 29.0 Å². The fraction of sp³-hybridized carbons (Fsp3) is 0.611. The average Bonchev–Trinajstić information content (AvgIpc) is 3.22. The number of ether oxygens (including phenoxy) is 1. The van der Waals surface area contributed by atoms with E-state index in [2.05, 4.69) is 22.3 Å². The van der Waals surface area contributed by atoms with Crippen LogP contribution >= 0.6 is 0 Å². The quantitative estimate of drug-likeness (QED) is 0.884. The van der Waals surface area contributed by atoms with Crippen molar-refractivity contribution in [1.29, 1.82) is 0 Å². The molecule has 2 aromatic rings. The number of nitrogens with one attached hydrogen (secondary N) is 1. The lowest BCUT2D eigenvalue weighted by molar-refractivity contribution is 0.0904. The standard InChI is InChI=1S/C18H26N6O2/c1-3-24-17-15(11-20-24)16(21-14-4-8-26-9-5-14)13(10-19-17)12-23-7-6-22(2)18(23)25/h10-11,14H,3-9,12H2,1-2H3,(H,19,21). The van der Waals surface area contributed by atoms with Crippen LogP contribution in [0.3, 0.4) is 0 Å². The number of carbonyl (C=O) groups excluding carboxylic acids is 1. The van der Waals surface area contributed by atoms with Crippen LogP contribution in [0.25, 0.3) is 11.0 Å². The Kier molecular flexibility index (Phi) is 4.67. The van der Waals surface area contributed by atoms with E-state index in [4.69, 9.17) is 4.74 Å². The van der Waals surface area contributed by atoms with Gasteiger partial charge in [0.25, 0.3) is 0 Å². The van der Waals surface area contributed by atoms with Crippen LogP contribution in [-0.2, 0) is 17.8 Å². The molecule has 8 heteroatoms. The number of fused-ring (bicyclic) bond motifs is 1. The number of carbonyl (C=O) groups is 1. The third-order valence-electron chi connectivity index (χ3n) is 5.28. The van der Waals surface area contributed by atoms with Crippen LogP contribution in [0.1, 0.15) is 25.3 Å². The zero-order valence-corrected chi connectivity index (χ0v) is 15.4. The molecule has 1 N–H and O–H groups in total. The Bertz CT molecular complexity index is 798. The number of aryl methyl sites for hydroxylation is 1. The summed E-state index contributed by atoms with van der Waals surface area (Å²) in [6, 6.07) is 0.446. The van der Waals surface area contributed by atoms with Gasteiger partial charge < -0.3 is 19.9 Å². The number of amides is 2. The van der Waals surface area contributed by atoms with Crippen molar-refractivity contribution in [1.82, 2.24) is 24.6 Å². The largest absolute Gasteiger partial charge is 0.381 e. The predicted molar refractivity (Wildman–Crippen MR) is 99.1 cm³/mol. The van der Waals surface area contributed by atoms with Crippen molar-refractivity contribution in [2.75, 3.05) is 38.7 Å². The number of pyridine rings is 1. The second-order valence-corrected chi connectivity index (χ2v) is 7.01. The zero-order valence-electron chi connectivity index (χ0n) is 15.4. The molecule has 2 amide bonds. The van der Waals surface area contributed by atoms with Gasteiger partial charge in [-0.3, -0.25) is 0 Å². The van der Waals surface area contributed by atoms with E-state index in [9.17, 15) is 4.79 Å². The monoisotopic (exact) mass is 358 g/mol. The lowest BCUT2D eigenvalue weighted by atomic mass is 10.1. The maximum atomic E-state index is 12.3. The molecule has 26 heavy (non-hydrogen) atoms. The molecule has 0 unspecified atom stereocenters. The van der Waals surface area contributed by atoms with Gasteiger partial charge in [0.05, 0.1) is 23.8 Å². The Morgan fingerprint density at radius 2 is 2.08 bits per heavy atom. The molecule has 4 heterocycles. The molecule has 0 atom stereocenters. The topological polar surface area (TPSA) is 75.5 Å². The Hall–Kier alpha value is -2.35. The second kappa shape index (κ2) is 7.11. The van der Waals surface area contributed by atoms with Gasteiger partial charge in [-0.1, -0.05) is 0 Å². The maximum Gasteiger partial charge on any atom is 0.320 e. The molecule has 0 saturated carbocycles. The molecular weight excluding hydrogens is 332 g/mol. The van der Waals surface area contributed by atoms with E-state index in [0.717, 1.165) is 68.0 Å². The van der Waals surface area contributed by atoms with Crippen LogP contribution in [0.5, 0.6) is 0 Å². The summed E-state index contributed by atoms with van der Waals surface area (Å²) >= 11 is 0. The number of nitrogens with zero attached hydrogens (tertiary/aromatic N) is 5. The van der Waals surface area contributed by atoms with Gasteiger partial charge in [0, 0.05) is 57.7 Å². The third-order valence-corrected chi connectivity index (χ3v) is 5.28. The first-order chi connectivity index (χ1) is 12.7. The Balaban J connectivity index is 1.68. The lowest BCUT2D eigenvalue weighted by Gasteiger charge is -2.26. The highest BCUT2D eigenvalue weighted by Crippen LogP contribution is 2.29. The highest BCUT2D eigenvalue weighted by molar-refractivity contribution is 5.91. The number of anilines is 1. The molecule has 2 saturated heterocycles. The molecule has 140 valence electrons. The summed E-state index contributed by atoms with van der Waals surface area (Å²) in [5.74, 6) is 0. The molecule has 0 aliphatic carbocycles. The van der Waals surface area contributed by atoms with Gasteiger partial charge >= 0.3 is 6.03 Å². The third kappa shape index (κ3) is 3.09. The van der Waals surface area contributed by atoms with Gasteiger partial charge in [0.1, 0.15) is 0 Å². The minimum Gasteiger partial charge on any atom is -0.381 e. The number of aromatic nitrogens is 3. The first-order valence-corrected chi connectivity index (χ1v) is 9.35. The molecule has 0 spiro atoms. The van der Waals surface area contributed by atoms with Crippen molar-refractivity contribution in [2.24, 2.45) is 0 Å². The van der Waals surface area contributed by atoms with Crippen LogP contribution in [-0.4, -0.2) is 70.0 Å². The molecule has 4 rings (SSSR count). The van der Waals surface area contributed by atoms with Crippen molar-refractivity contribution < 1.29 is 9.53 Å². The minimum absolute atomic E-state index is 0.0753. The number of rotatable bonds is 5. The highest BCUT2D eigenvalue weighted by Gasteiger charge is 2.27. The first kappa shape index (κ1) is 17.1. The van der Waals surface area contributed by atoms with Crippen LogP contribution in [0.2, 0.25) is 0 Å². The molecular formula is C18H26N6O2.